The zero-order valence-corrected chi connectivity index (χ0v) is 12.1. The first-order valence-electron chi connectivity index (χ1n) is 4.46. The largest absolute Gasteiger partial charge is 1.00 e. The summed E-state index contributed by atoms with van der Waals surface area (Å²) in [7, 11) is 0. The minimum absolute atomic E-state index is 0. The fourth-order valence-electron chi connectivity index (χ4n) is 1.16. The Kier molecular flexibility index (Phi) is 7.59. The average Bonchev–Trinajstić information content (AvgIpc) is 2.18. The Hall–Kier alpha value is 0.196. The van der Waals surface area contributed by atoms with Gasteiger partial charge in [-0.15, -0.1) is 0 Å². The molecular formula is C11H14KNO. The van der Waals surface area contributed by atoms with E-state index >= 15 is 0 Å². The molecule has 1 rings (SSSR count). The van der Waals surface area contributed by atoms with Crippen LogP contribution in [0, 0.1) is 6.42 Å². The number of para-hydroxylation sites is 1. The molecule has 1 amide bonds. The van der Waals surface area contributed by atoms with Gasteiger partial charge in [-0.1, -0.05) is 25.1 Å². The third-order valence-corrected chi connectivity index (χ3v) is 1.92. The molecule has 0 unspecified atom stereocenters. The molecule has 70 valence electrons. The second kappa shape index (κ2) is 7.48. The van der Waals surface area contributed by atoms with Crippen molar-refractivity contribution in [1.82, 2.24) is 0 Å². The molecule has 0 aliphatic carbocycles. The number of carbonyl (C=O) groups is 1. The van der Waals surface area contributed by atoms with Crippen molar-refractivity contribution in [3.8, 4) is 0 Å². The Bertz CT molecular complexity index is 299. The Balaban J connectivity index is 0.00000169. The van der Waals surface area contributed by atoms with Crippen LogP contribution in [-0.4, -0.2) is 5.91 Å². The number of nitrogens with one attached hydrogen (secondary N) is 1. The van der Waals surface area contributed by atoms with Gasteiger partial charge in [0.1, 0.15) is 0 Å². The fraction of sp³-hybridized carbons (Fsp3) is 0.273. The van der Waals surface area contributed by atoms with Crippen LogP contribution in [-0.2, 0) is 11.2 Å². The van der Waals surface area contributed by atoms with Crippen molar-refractivity contribution in [3.63, 3.8) is 0 Å². The van der Waals surface area contributed by atoms with Gasteiger partial charge >= 0.3 is 51.4 Å². The van der Waals surface area contributed by atoms with Crippen LogP contribution in [0.1, 0.15) is 19.4 Å². The first-order valence-corrected chi connectivity index (χ1v) is 4.46. The molecule has 0 saturated carbocycles. The zero-order chi connectivity index (χ0) is 9.68. The maximum absolute atomic E-state index is 11.1. The van der Waals surface area contributed by atoms with Gasteiger partial charge in [0, 0.05) is 5.69 Å². The first-order chi connectivity index (χ1) is 6.27. The molecule has 3 heteroatoms. The number of hydrogen-bond donors (Lipinski definition) is 1. The predicted molar refractivity (Wildman–Crippen MR) is 54.4 cm³/mol. The van der Waals surface area contributed by atoms with Gasteiger partial charge in [-0.3, -0.25) is 0 Å². The van der Waals surface area contributed by atoms with E-state index < -0.39 is 0 Å². The van der Waals surface area contributed by atoms with Gasteiger partial charge in [-0.05, 0) is 18.1 Å². The molecule has 1 N–H and O–H groups in total. The number of hydrogen-bond acceptors (Lipinski definition) is 1. The molecule has 14 heavy (non-hydrogen) atoms. The number of carbonyl (C=O) groups excluding carboxylic acids is 1. The van der Waals surface area contributed by atoms with Gasteiger partial charge in [0.15, 0.2) is 0 Å². The summed E-state index contributed by atoms with van der Waals surface area (Å²) in [4.78, 5) is 11.1. The first kappa shape index (κ1) is 14.2. The van der Waals surface area contributed by atoms with E-state index in [2.05, 4.69) is 12.2 Å². The molecule has 0 radical (unpaired) electrons. The molecular weight excluding hydrogens is 201 g/mol. The molecule has 0 aliphatic heterocycles. The molecule has 0 atom stereocenters. The van der Waals surface area contributed by atoms with E-state index in [0.29, 0.717) is 0 Å². The fourth-order valence-corrected chi connectivity index (χ4v) is 1.16. The minimum atomic E-state index is -0.0547. The van der Waals surface area contributed by atoms with Gasteiger partial charge < -0.3 is 16.5 Å². The van der Waals surface area contributed by atoms with Crippen molar-refractivity contribution in [2.24, 2.45) is 0 Å². The van der Waals surface area contributed by atoms with E-state index in [4.69, 9.17) is 0 Å². The van der Waals surface area contributed by atoms with Crippen molar-refractivity contribution in [2.75, 3.05) is 5.32 Å². The molecule has 0 fully saturated rings. The van der Waals surface area contributed by atoms with E-state index in [9.17, 15) is 4.79 Å². The SMILES string of the molecule is C[CH-]C(=O)Nc1ccccc1CC.[K+]. The topological polar surface area (TPSA) is 29.1 Å². The number of amides is 1. The summed E-state index contributed by atoms with van der Waals surface area (Å²) < 4.78 is 0. The van der Waals surface area contributed by atoms with Crippen molar-refractivity contribution >= 4 is 11.6 Å². The smallest absolute Gasteiger partial charge is 0.351 e. The molecule has 1 aromatic rings. The maximum Gasteiger partial charge on any atom is 1.00 e. The van der Waals surface area contributed by atoms with E-state index in [1.54, 1.807) is 6.92 Å². The van der Waals surface area contributed by atoms with Crippen molar-refractivity contribution < 1.29 is 56.2 Å². The van der Waals surface area contributed by atoms with Crippen molar-refractivity contribution in [3.05, 3.63) is 36.2 Å². The zero-order valence-electron chi connectivity index (χ0n) is 9.00. The van der Waals surface area contributed by atoms with E-state index in [1.807, 2.05) is 24.3 Å². The van der Waals surface area contributed by atoms with Gasteiger partial charge in [0.25, 0.3) is 0 Å². The molecule has 0 bridgehead atoms. The Morgan fingerprint density at radius 1 is 1.43 bits per heavy atom. The quantitative estimate of drug-likeness (QED) is 0.530. The second-order valence-electron chi connectivity index (χ2n) is 2.79. The minimum Gasteiger partial charge on any atom is -0.351 e. The molecule has 0 aliphatic rings. The van der Waals surface area contributed by atoms with Crippen LogP contribution in [0.3, 0.4) is 0 Å². The predicted octanol–water partition coefficient (Wildman–Crippen LogP) is -0.584. The number of aryl methyl sites for hydroxylation is 1. The summed E-state index contributed by atoms with van der Waals surface area (Å²) in [5.74, 6) is -0.0547. The monoisotopic (exact) mass is 215 g/mol. The van der Waals surface area contributed by atoms with Crippen molar-refractivity contribution in [2.45, 2.75) is 20.3 Å². The normalized spacial score (nSPS) is 8.71. The van der Waals surface area contributed by atoms with Gasteiger partial charge in [0.05, 0.1) is 5.91 Å². The summed E-state index contributed by atoms with van der Waals surface area (Å²) in [5, 5.41) is 2.82. The average molecular weight is 215 g/mol. The van der Waals surface area contributed by atoms with Crippen LogP contribution in [0.5, 0.6) is 0 Å². The molecule has 2 nitrogen and oxygen atoms in total. The summed E-state index contributed by atoms with van der Waals surface area (Å²) in [6.07, 6.45) is 2.45. The molecule has 0 spiro atoms. The van der Waals surface area contributed by atoms with Crippen LogP contribution < -0.4 is 56.7 Å². The van der Waals surface area contributed by atoms with E-state index in [1.165, 1.54) is 6.42 Å². The van der Waals surface area contributed by atoms with E-state index in [0.717, 1.165) is 17.7 Å². The second-order valence-corrected chi connectivity index (χ2v) is 2.79. The number of rotatable bonds is 3. The summed E-state index contributed by atoms with van der Waals surface area (Å²) >= 11 is 0. The van der Waals surface area contributed by atoms with Crippen LogP contribution >= 0.6 is 0 Å². The van der Waals surface area contributed by atoms with Crippen LogP contribution in [0.4, 0.5) is 5.69 Å². The molecule has 0 heterocycles. The third-order valence-electron chi connectivity index (χ3n) is 1.92. The molecule has 0 aromatic heterocycles. The Morgan fingerprint density at radius 3 is 2.64 bits per heavy atom. The van der Waals surface area contributed by atoms with Crippen LogP contribution in [0.25, 0.3) is 0 Å². The Labute approximate surface area is 128 Å². The van der Waals surface area contributed by atoms with Gasteiger partial charge in [-0.2, -0.15) is 6.92 Å². The maximum atomic E-state index is 11.1. The van der Waals surface area contributed by atoms with Crippen LogP contribution in [0.15, 0.2) is 24.3 Å². The summed E-state index contributed by atoms with van der Waals surface area (Å²) in [5.41, 5.74) is 2.07. The standard InChI is InChI=1S/C11H14NO.K/c1-3-9-7-5-6-8-10(9)12-11(13)4-2;/h4-8H,3H2,1-2H3,(H,12,13);/q-1;+1. The summed E-state index contributed by atoms with van der Waals surface area (Å²) in [6.45, 7) is 3.80. The number of anilines is 1. The van der Waals surface area contributed by atoms with Gasteiger partial charge in [-0.25, -0.2) is 0 Å². The van der Waals surface area contributed by atoms with Gasteiger partial charge in [0.2, 0.25) is 0 Å². The Morgan fingerprint density at radius 2 is 2.07 bits per heavy atom. The summed E-state index contributed by atoms with van der Waals surface area (Å²) in [6, 6.07) is 7.83. The number of benzene rings is 1. The van der Waals surface area contributed by atoms with Crippen LogP contribution in [0.2, 0.25) is 0 Å². The van der Waals surface area contributed by atoms with E-state index in [-0.39, 0.29) is 57.3 Å². The molecule has 0 saturated heterocycles. The third kappa shape index (κ3) is 4.15. The molecule has 1 aromatic carbocycles. The van der Waals surface area contributed by atoms with Crippen molar-refractivity contribution in [1.29, 1.82) is 0 Å².